The quantitative estimate of drug-likeness (QED) is 0.298. The van der Waals surface area contributed by atoms with E-state index in [0.29, 0.717) is 24.3 Å². The number of benzene rings is 3. The Bertz CT molecular complexity index is 1510. The van der Waals surface area contributed by atoms with Crippen LogP contribution in [-0.4, -0.2) is 33.5 Å². The third kappa shape index (κ3) is 5.66. The number of fused-ring (bicyclic) bond motifs is 2. The molecule has 6 heteroatoms. The molecule has 0 aliphatic heterocycles. The number of aromatic nitrogens is 1. The van der Waals surface area contributed by atoms with Gasteiger partial charge in [0.2, 0.25) is 0 Å². The fourth-order valence-electron chi connectivity index (χ4n) is 4.08. The van der Waals surface area contributed by atoms with Crippen LogP contribution < -0.4 is 5.63 Å². The minimum absolute atomic E-state index is 0.0384. The van der Waals surface area contributed by atoms with Crippen LogP contribution in [0, 0.1) is 6.92 Å². The van der Waals surface area contributed by atoms with Crippen LogP contribution in [0.3, 0.4) is 0 Å². The number of hydrogen-bond acceptors (Lipinski definition) is 4. The van der Waals surface area contributed by atoms with Gasteiger partial charge in [-0.05, 0) is 63.1 Å². The zero-order valence-electron chi connectivity index (χ0n) is 20.7. The molecule has 3 aromatic carbocycles. The second-order valence-corrected chi connectivity index (χ2v) is 9.02. The summed E-state index contributed by atoms with van der Waals surface area (Å²) in [4.78, 5) is 30.5. The SMILES string of the molecule is CC(C)N(CCc1c[nH]c2ccccc12)C(=O)c1cc2ccccc2oc1=O.Cc1ccc(O)cc1. The van der Waals surface area contributed by atoms with Gasteiger partial charge in [-0.1, -0.05) is 54.1 Å². The minimum atomic E-state index is -0.596. The summed E-state index contributed by atoms with van der Waals surface area (Å²) in [5, 5.41) is 10.7. The number of phenols is 1. The second-order valence-electron chi connectivity index (χ2n) is 9.02. The molecule has 0 spiro atoms. The molecule has 5 rings (SSSR count). The zero-order chi connectivity index (χ0) is 25.7. The summed E-state index contributed by atoms with van der Waals surface area (Å²) >= 11 is 0. The van der Waals surface area contributed by atoms with Crippen LogP contribution in [0.25, 0.3) is 21.9 Å². The van der Waals surface area contributed by atoms with E-state index in [-0.39, 0.29) is 17.5 Å². The summed E-state index contributed by atoms with van der Waals surface area (Å²) in [7, 11) is 0. The number of nitrogens with zero attached hydrogens (tertiary/aromatic N) is 1. The molecular weight excluding hydrogens is 452 g/mol. The number of H-pyrrole nitrogens is 1. The summed E-state index contributed by atoms with van der Waals surface area (Å²) in [6.07, 6.45) is 2.69. The standard InChI is InChI=1S/C23H22N2O3.C7H8O/c1-15(2)25(12-11-17-14-24-20-9-5-4-8-18(17)20)22(26)19-13-16-7-3-6-10-21(16)28-23(19)27;1-6-2-4-7(8)5-3-6/h3-10,13-15,24H,11-12H2,1-2H3;2-5,8H,1H3. The molecule has 0 atom stereocenters. The number of para-hydroxylation sites is 2. The summed E-state index contributed by atoms with van der Waals surface area (Å²) in [6.45, 7) is 6.41. The van der Waals surface area contributed by atoms with Crippen molar-refractivity contribution in [1.29, 1.82) is 0 Å². The number of aromatic hydroxyl groups is 1. The molecule has 0 radical (unpaired) electrons. The summed E-state index contributed by atoms with van der Waals surface area (Å²) in [5.74, 6) is 0.0324. The van der Waals surface area contributed by atoms with E-state index in [1.54, 1.807) is 35.2 Å². The van der Waals surface area contributed by atoms with Gasteiger partial charge in [0.15, 0.2) is 0 Å². The molecule has 0 aliphatic rings. The van der Waals surface area contributed by atoms with E-state index >= 15 is 0 Å². The number of aromatic amines is 1. The first-order chi connectivity index (χ1) is 17.3. The number of rotatable bonds is 5. The fourth-order valence-corrected chi connectivity index (χ4v) is 4.08. The second kappa shape index (κ2) is 11.0. The highest BCUT2D eigenvalue weighted by Crippen LogP contribution is 2.20. The third-order valence-electron chi connectivity index (χ3n) is 6.09. The van der Waals surface area contributed by atoms with Crippen LogP contribution in [0.2, 0.25) is 0 Å². The number of hydrogen-bond donors (Lipinski definition) is 2. The van der Waals surface area contributed by atoms with Gasteiger partial charge in [-0.15, -0.1) is 0 Å². The van der Waals surface area contributed by atoms with Crippen molar-refractivity contribution in [3.05, 3.63) is 112 Å². The lowest BCUT2D eigenvalue weighted by Crippen LogP contribution is -2.40. The van der Waals surface area contributed by atoms with Crippen molar-refractivity contribution in [1.82, 2.24) is 9.88 Å². The topological polar surface area (TPSA) is 86.5 Å². The van der Waals surface area contributed by atoms with Gasteiger partial charge < -0.3 is 19.4 Å². The van der Waals surface area contributed by atoms with Crippen LogP contribution in [0.15, 0.2) is 94.3 Å². The highest BCUT2D eigenvalue weighted by Gasteiger charge is 2.23. The normalized spacial score (nSPS) is 10.9. The molecular formula is C30H30N2O4. The number of carbonyl (C=O) groups is 1. The predicted octanol–water partition coefficient (Wildman–Crippen LogP) is 6.07. The molecule has 6 nitrogen and oxygen atoms in total. The van der Waals surface area contributed by atoms with Gasteiger partial charge in [0.05, 0.1) is 0 Å². The number of amides is 1. The molecule has 0 aliphatic carbocycles. The molecule has 2 aromatic heterocycles. The molecule has 0 fully saturated rings. The average Bonchev–Trinajstić information content (AvgIpc) is 3.29. The molecule has 0 saturated carbocycles. The van der Waals surface area contributed by atoms with E-state index in [9.17, 15) is 9.59 Å². The van der Waals surface area contributed by atoms with Crippen molar-refractivity contribution in [3.8, 4) is 5.75 Å². The number of aryl methyl sites for hydroxylation is 1. The molecule has 5 aromatic rings. The third-order valence-corrected chi connectivity index (χ3v) is 6.09. The maximum atomic E-state index is 13.1. The van der Waals surface area contributed by atoms with Gasteiger partial charge in [0, 0.05) is 35.1 Å². The van der Waals surface area contributed by atoms with Gasteiger partial charge in [-0.3, -0.25) is 4.79 Å². The van der Waals surface area contributed by atoms with Gasteiger partial charge >= 0.3 is 5.63 Å². The summed E-state index contributed by atoms with van der Waals surface area (Å²) < 4.78 is 5.34. The van der Waals surface area contributed by atoms with Crippen LogP contribution >= 0.6 is 0 Å². The Labute approximate surface area is 209 Å². The van der Waals surface area contributed by atoms with Gasteiger partial charge in [0.1, 0.15) is 16.9 Å². The lowest BCUT2D eigenvalue weighted by molar-refractivity contribution is 0.0704. The van der Waals surface area contributed by atoms with E-state index in [4.69, 9.17) is 9.52 Å². The highest BCUT2D eigenvalue weighted by atomic mass is 16.4. The van der Waals surface area contributed by atoms with E-state index in [0.717, 1.165) is 21.9 Å². The molecule has 0 saturated heterocycles. The summed E-state index contributed by atoms with van der Waals surface area (Å²) in [5.41, 5.74) is 3.37. The van der Waals surface area contributed by atoms with Crippen molar-refractivity contribution >= 4 is 27.8 Å². The molecule has 184 valence electrons. The Balaban J connectivity index is 0.000000325. The maximum absolute atomic E-state index is 13.1. The van der Waals surface area contributed by atoms with Gasteiger partial charge in [-0.25, -0.2) is 4.79 Å². The van der Waals surface area contributed by atoms with Crippen LogP contribution in [-0.2, 0) is 6.42 Å². The predicted molar refractivity (Wildman–Crippen MR) is 144 cm³/mol. The van der Waals surface area contributed by atoms with Crippen LogP contribution in [0.4, 0.5) is 0 Å². The zero-order valence-corrected chi connectivity index (χ0v) is 20.7. The Morgan fingerprint density at radius 3 is 2.42 bits per heavy atom. The van der Waals surface area contributed by atoms with Crippen molar-refractivity contribution in [2.75, 3.05) is 6.54 Å². The summed E-state index contributed by atoms with van der Waals surface area (Å²) in [6, 6.07) is 24.0. The van der Waals surface area contributed by atoms with Crippen molar-refractivity contribution in [3.63, 3.8) is 0 Å². The molecule has 2 heterocycles. The van der Waals surface area contributed by atoms with E-state index in [1.165, 1.54) is 5.56 Å². The Morgan fingerprint density at radius 1 is 1.00 bits per heavy atom. The smallest absolute Gasteiger partial charge is 0.349 e. The van der Waals surface area contributed by atoms with Gasteiger partial charge in [-0.2, -0.15) is 0 Å². The maximum Gasteiger partial charge on any atom is 0.349 e. The lowest BCUT2D eigenvalue weighted by atomic mass is 10.1. The minimum Gasteiger partial charge on any atom is -0.508 e. The van der Waals surface area contributed by atoms with E-state index < -0.39 is 5.63 Å². The number of phenolic OH excluding ortho intramolecular Hbond substituents is 1. The van der Waals surface area contributed by atoms with Crippen LogP contribution in [0.5, 0.6) is 5.75 Å². The molecule has 1 amide bonds. The molecule has 0 bridgehead atoms. The number of carbonyl (C=O) groups excluding carboxylic acids is 1. The monoisotopic (exact) mass is 482 g/mol. The first kappa shape index (κ1) is 24.8. The first-order valence-corrected chi connectivity index (χ1v) is 12.0. The fraction of sp³-hybridized carbons (Fsp3) is 0.200. The molecule has 0 unspecified atom stereocenters. The molecule has 36 heavy (non-hydrogen) atoms. The Hall–Kier alpha value is -4.32. The van der Waals surface area contributed by atoms with E-state index in [1.807, 2.05) is 69.4 Å². The van der Waals surface area contributed by atoms with Crippen molar-refractivity contribution in [2.45, 2.75) is 33.2 Å². The first-order valence-electron chi connectivity index (χ1n) is 12.0. The van der Waals surface area contributed by atoms with E-state index in [2.05, 4.69) is 11.1 Å². The van der Waals surface area contributed by atoms with Crippen LogP contribution in [0.1, 0.15) is 35.3 Å². The van der Waals surface area contributed by atoms with Crippen molar-refractivity contribution < 1.29 is 14.3 Å². The number of nitrogens with one attached hydrogen (secondary N) is 1. The van der Waals surface area contributed by atoms with Crippen molar-refractivity contribution in [2.24, 2.45) is 0 Å². The Kier molecular flexibility index (Phi) is 7.54. The average molecular weight is 483 g/mol. The lowest BCUT2D eigenvalue weighted by Gasteiger charge is -2.26. The Morgan fingerprint density at radius 2 is 1.69 bits per heavy atom. The highest BCUT2D eigenvalue weighted by molar-refractivity contribution is 5.96. The molecule has 2 N–H and O–H groups in total. The largest absolute Gasteiger partial charge is 0.508 e. The van der Waals surface area contributed by atoms with Gasteiger partial charge in [0.25, 0.3) is 5.91 Å².